The number of amides is 1. The Kier molecular flexibility index (Phi) is 19.0. The van der Waals surface area contributed by atoms with E-state index in [1.165, 1.54) is 65.7 Å². The zero-order valence-electron chi connectivity index (χ0n) is 23.0. The van der Waals surface area contributed by atoms with Crippen molar-refractivity contribution < 1.29 is 29.0 Å². The molecule has 0 aliphatic rings. The highest BCUT2D eigenvalue weighted by molar-refractivity contribution is 8.11. The standard InChI is InChI=1S/C27H44N2O7S/c1-6-8-10-11-12-13-14-15-16-17-19-24(18-9-7-2)36-25(31)20-21-28(37-23(3)30)26(32)27(4,5)22-35-29(33)34/h7,9,17-19H,6,8,10-16,20-22H2,1-5H3/b9-7+,19-17+,24-18+. The number of nitrogens with zero attached hydrogens (tertiary/aromatic N) is 2. The number of rotatable bonds is 19. The first-order chi connectivity index (χ1) is 17.5. The molecule has 0 fully saturated rings. The van der Waals surface area contributed by atoms with E-state index in [0.29, 0.717) is 17.7 Å². The monoisotopic (exact) mass is 540 g/mol. The molecule has 0 bridgehead atoms. The summed E-state index contributed by atoms with van der Waals surface area (Å²) in [6, 6.07) is 0. The van der Waals surface area contributed by atoms with Gasteiger partial charge in [-0.05, 0) is 45.8 Å². The first-order valence-corrected chi connectivity index (χ1v) is 13.8. The Morgan fingerprint density at radius 2 is 1.68 bits per heavy atom. The van der Waals surface area contributed by atoms with Gasteiger partial charge in [-0.25, -0.2) is 0 Å². The Balaban J connectivity index is 4.84. The van der Waals surface area contributed by atoms with E-state index in [2.05, 4.69) is 11.8 Å². The molecule has 0 unspecified atom stereocenters. The van der Waals surface area contributed by atoms with Crippen LogP contribution < -0.4 is 0 Å². The van der Waals surface area contributed by atoms with E-state index < -0.39 is 29.0 Å². The van der Waals surface area contributed by atoms with E-state index in [4.69, 9.17) is 4.74 Å². The molecule has 0 aliphatic heterocycles. The fourth-order valence-corrected chi connectivity index (χ4v) is 4.07. The molecule has 0 aromatic heterocycles. The SMILES string of the molecule is C/C=C/C=C(\C=C\CCCCCCCCCC)OC(=O)CCN(SC(C)=O)C(=O)C(C)(C)CO[N+](=O)[O-]. The van der Waals surface area contributed by atoms with Crippen molar-refractivity contribution in [2.24, 2.45) is 5.41 Å². The number of allylic oxidation sites excluding steroid dienone is 5. The van der Waals surface area contributed by atoms with Crippen molar-refractivity contribution in [3.8, 4) is 0 Å². The number of unbranched alkanes of at least 4 members (excludes halogenated alkanes) is 8. The molecule has 0 atom stereocenters. The minimum atomic E-state index is -1.27. The minimum Gasteiger partial charge on any atom is -0.426 e. The van der Waals surface area contributed by atoms with Gasteiger partial charge < -0.3 is 9.57 Å². The van der Waals surface area contributed by atoms with Gasteiger partial charge in [0.15, 0.2) is 0 Å². The van der Waals surface area contributed by atoms with Crippen LogP contribution in [-0.4, -0.2) is 39.5 Å². The molecule has 9 nitrogen and oxygen atoms in total. The Morgan fingerprint density at radius 1 is 1.05 bits per heavy atom. The molecule has 0 saturated carbocycles. The topological polar surface area (TPSA) is 116 Å². The normalized spacial score (nSPS) is 12.2. The van der Waals surface area contributed by atoms with Crippen LogP contribution in [0.2, 0.25) is 0 Å². The second-order valence-corrected chi connectivity index (χ2v) is 10.6. The maximum atomic E-state index is 12.9. The van der Waals surface area contributed by atoms with Crippen molar-refractivity contribution in [1.29, 1.82) is 0 Å². The van der Waals surface area contributed by atoms with E-state index >= 15 is 0 Å². The zero-order valence-corrected chi connectivity index (χ0v) is 23.8. The summed E-state index contributed by atoms with van der Waals surface area (Å²) >= 11 is 0.644. The molecule has 0 saturated heterocycles. The van der Waals surface area contributed by atoms with Crippen LogP contribution in [0.5, 0.6) is 0 Å². The summed E-state index contributed by atoms with van der Waals surface area (Å²) in [5, 5.41) is 9.18. The number of hydrogen-bond acceptors (Lipinski definition) is 8. The third-order valence-corrected chi connectivity index (χ3v) is 6.11. The lowest BCUT2D eigenvalue weighted by Gasteiger charge is -2.29. The van der Waals surface area contributed by atoms with Crippen LogP contribution in [0, 0.1) is 15.5 Å². The van der Waals surface area contributed by atoms with Crippen molar-refractivity contribution in [3.63, 3.8) is 0 Å². The lowest BCUT2D eigenvalue weighted by Crippen LogP contribution is -2.41. The highest BCUT2D eigenvalue weighted by Gasteiger charge is 2.34. The predicted molar refractivity (Wildman–Crippen MR) is 147 cm³/mol. The second-order valence-electron chi connectivity index (χ2n) is 9.36. The summed E-state index contributed by atoms with van der Waals surface area (Å²) in [4.78, 5) is 51.9. The molecule has 0 aromatic rings. The van der Waals surface area contributed by atoms with Gasteiger partial charge in [0.05, 0.1) is 11.8 Å². The summed E-state index contributed by atoms with van der Waals surface area (Å²) in [6.45, 7) is 7.74. The Bertz CT molecular complexity index is 807. The van der Waals surface area contributed by atoms with E-state index in [9.17, 15) is 24.5 Å². The first-order valence-electron chi connectivity index (χ1n) is 13.0. The lowest BCUT2D eigenvalue weighted by molar-refractivity contribution is -0.760. The molecule has 37 heavy (non-hydrogen) atoms. The van der Waals surface area contributed by atoms with Gasteiger partial charge in [-0.1, -0.05) is 70.1 Å². The van der Waals surface area contributed by atoms with E-state index in [0.717, 1.165) is 17.1 Å². The summed E-state index contributed by atoms with van der Waals surface area (Å²) < 4.78 is 6.60. The third-order valence-electron chi connectivity index (χ3n) is 5.29. The molecule has 0 spiro atoms. The number of hydrogen-bond donors (Lipinski definition) is 0. The molecule has 0 heterocycles. The molecule has 0 radical (unpaired) electrons. The molecule has 0 aromatic carbocycles. The van der Waals surface area contributed by atoms with Crippen LogP contribution in [-0.2, 0) is 24.0 Å². The number of carbonyl (C=O) groups is 3. The van der Waals surface area contributed by atoms with Gasteiger partial charge in [-0.15, -0.1) is 10.1 Å². The fourth-order valence-electron chi connectivity index (χ4n) is 3.24. The molecule has 0 N–H and O–H groups in total. The summed E-state index contributed by atoms with van der Waals surface area (Å²) in [7, 11) is 0. The van der Waals surface area contributed by atoms with Crippen LogP contribution >= 0.6 is 11.9 Å². The van der Waals surface area contributed by atoms with Crippen molar-refractivity contribution in [2.75, 3.05) is 13.2 Å². The van der Waals surface area contributed by atoms with Gasteiger partial charge in [0.25, 0.3) is 5.09 Å². The van der Waals surface area contributed by atoms with Crippen LogP contribution in [0.25, 0.3) is 0 Å². The molecular weight excluding hydrogens is 496 g/mol. The van der Waals surface area contributed by atoms with Gasteiger partial charge in [-0.3, -0.25) is 18.7 Å². The van der Waals surface area contributed by atoms with Crippen LogP contribution in [0.4, 0.5) is 0 Å². The Morgan fingerprint density at radius 3 is 2.24 bits per heavy atom. The number of ether oxygens (including phenoxy) is 1. The van der Waals surface area contributed by atoms with Crippen molar-refractivity contribution in [3.05, 3.63) is 46.3 Å². The molecule has 210 valence electrons. The highest BCUT2D eigenvalue weighted by Crippen LogP contribution is 2.25. The van der Waals surface area contributed by atoms with Crippen molar-refractivity contribution in [2.45, 2.75) is 98.8 Å². The molecule has 0 rings (SSSR count). The zero-order chi connectivity index (χ0) is 28.1. The Labute approximate surface area is 225 Å². The fraction of sp³-hybridized carbons (Fsp3) is 0.667. The molecular formula is C27H44N2O7S. The van der Waals surface area contributed by atoms with E-state index in [-0.39, 0.29) is 18.1 Å². The quantitative estimate of drug-likeness (QED) is 0.0337. The van der Waals surface area contributed by atoms with Crippen molar-refractivity contribution >= 4 is 28.9 Å². The first kappa shape index (κ1) is 34.4. The van der Waals surface area contributed by atoms with Gasteiger partial charge >= 0.3 is 5.97 Å². The number of esters is 1. The maximum Gasteiger partial charge on any atom is 0.313 e. The lowest BCUT2D eigenvalue weighted by atomic mass is 9.93. The average molecular weight is 541 g/mol. The smallest absolute Gasteiger partial charge is 0.313 e. The summed E-state index contributed by atoms with van der Waals surface area (Å²) in [6.07, 6.45) is 19.7. The largest absolute Gasteiger partial charge is 0.426 e. The van der Waals surface area contributed by atoms with E-state index in [1.54, 1.807) is 18.2 Å². The van der Waals surface area contributed by atoms with Crippen molar-refractivity contribution in [1.82, 2.24) is 4.31 Å². The summed E-state index contributed by atoms with van der Waals surface area (Å²) in [5.74, 6) is -0.731. The maximum absolute atomic E-state index is 12.9. The van der Waals surface area contributed by atoms with E-state index in [1.807, 2.05) is 19.1 Å². The van der Waals surface area contributed by atoms with Crippen LogP contribution in [0.15, 0.2) is 36.1 Å². The van der Waals surface area contributed by atoms with Crippen LogP contribution in [0.3, 0.4) is 0 Å². The second kappa shape index (κ2) is 20.4. The molecule has 10 heteroatoms. The van der Waals surface area contributed by atoms with Gasteiger partial charge in [0, 0.05) is 25.4 Å². The third kappa shape index (κ3) is 18.3. The average Bonchev–Trinajstić information content (AvgIpc) is 2.84. The molecule has 0 aliphatic carbocycles. The van der Waals surface area contributed by atoms with Crippen LogP contribution in [0.1, 0.15) is 98.8 Å². The van der Waals surface area contributed by atoms with Gasteiger partial charge in [0.1, 0.15) is 12.4 Å². The highest BCUT2D eigenvalue weighted by atomic mass is 32.2. The van der Waals surface area contributed by atoms with Gasteiger partial charge in [-0.2, -0.15) is 0 Å². The summed E-state index contributed by atoms with van der Waals surface area (Å²) in [5.41, 5.74) is -1.27. The van der Waals surface area contributed by atoms with Gasteiger partial charge in [0.2, 0.25) is 11.0 Å². The predicted octanol–water partition coefficient (Wildman–Crippen LogP) is 6.72. The Hall–Kier alpha value is -2.62. The minimum absolute atomic E-state index is 0.0946. The number of carbonyl (C=O) groups excluding carboxylic acids is 3. The molecule has 1 amide bonds.